The highest BCUT2D eigenvalue weighted by Crippen LogP contribution is 2.29. The SMILES string of the molecule is CN(c1nc(C2C=C(Cn3nc(-c4cc(F)cc(F)c4)ccc3=O)C=CC2)no1)C1CCN(C(=O)OC(C)(C)C)CC1. The first kappa shape index (κ1) is 29.2. The Morgan fingerprint density at radius 3 is 2.55 bits per heavy atom. The van der Waals surface area contributed by atoms with E-state index in [1.54, 1.807) is 4.90 Å². The molecule has 5 rings (SSSR count). The fraction of sp³-hybridized carbons (Fsp3) is 0.433. The van der Waals surface area contributed by atoms with Crippen LogP contribution in [0.4, 0.5) is 19.6 Å². The molecule has 2 aliphatic rings. The maximum absolute atomic E-state index is 13.7. The summed E-state index contributed by atoms with van der Waals surface area (Å²) in [5.74, 6) is -1.08. The Bertz CT molecular complexity index is 1550. The van der Waals surface area contributed by atoms with Gasteiger partial charge in [0, 0.05) is 49.8 Å². The van der Waals surface area contributed by atoms with Crippen LogP contribution in [0.1, 0.15) is 51.8 Å². The van der Waals surface area contributed by atoms with Crippen molar-refractivity contribution >= 4 is 12.1 Å². The number of ether oxygens (including phenoxy) is 1. The normalized spacial score (nSPS) is 17.7. The number of halogens is 2. The number of nitrogens with zero attached hydrogens (tertiary/aromatic N) is 6. The summed E-state index contributed by atoms with van der Waals surface area (Å²) in [7, 11) is 1.91. The van der Waals surface area contributed by atoms with Gasteiger partial charge in [-0.25, -0.2) is 18.3 Å². The Labute approximate surface area is 242 Å². The van der Waals surface area contributed by atoms with E-state index >= 15 is 0 Å². The Morgan fingerprint density at radius 2 is 1.86 bits per heavy atom. The van der Waals surface area contributed by atoms with E-state index in [1.165, 1.54) is 28.9 Å². The fourth-order valence-corrected chi connectivity index (χ4v) is 5.06. The van der Waals surface area contributed by atoms with Crippen molar-refractivity contribution in [2.45, 2.75) is 64.1 Å². The zero-order valence-electron chi connectivity index (χ0n) is 24.1. The first-order valence-corrected chi connectivity index (χ1v) is 13.9. The number of anilines is 1. The summed E-state index contributed by atoms with van der Waals surface area (Å²) in [4.78, 5) is 33.3. The molecule has 1 aliphatic heterocycles. The summed E-state index contributed by atoms with van der Waals surface area (Å²) in [5, 5.41) is 8.56. The average Bonchev–Trinajstić information content (AvgIpc) is 3.43. The highest BCUT2D eigenvalue weighted by atomic mass is 19.1. The van der Waals surface area contributed by atoms with Crippen molar-refractivity contribution in [1.29, 1.82) is 0 Å². The number of piperidine rings is 1. The predicted octanol–water partition coefficient (Wildman–Crippen LogP) is 5.08. The van der Waals surface area contributed by atoms with Gasteiger partial charge in [-0.05, 0) is 63.8 Å². The number of rotatable bonds is 6. The van der Waals surface area contributed by atoms with Crippen molar-refractivity contribution in [3.63, 3.8) is 0 Å². The van der Waals surface area contributed by atoms with E-state index in [-0.39, 0.29) is 41.4 Å². The van der Waals surface area contributed by atoms with E-state index in [9.17, 15) is 18.4 Å². The Balaban J connectivity index is 1.24. The van der Waals surface area contributed by atoms with Gasteiger partial charge in [-0.2, -0.15) is 10.1 Å². The molecule has 12 heteroatoms. The van der Waals surface area contributed by atoms with Gasteiger partial charge in [0.15, 0.2) is 5.82 Å². The predicted molar refractivity (Wildman–Crippen MR) is 152 cm³/mol. The summed E-state index contributed by atoms with van der Waals surface area (Å²) < 4.78 is 39.8. The molecule has 1 amide bonds. The number of hydrogen-bond donors (Lipinski definition) is 0. The lowest BCUT2D eigenvalue weighted by molar-refractivity contribution is 0.0205. The average molecular weight is 581 g/mol. The van der Waals surface area contributed by atoms with Crippen LogP contribution in [0.15, 0.2) is 63.5 Å². The van der Waals surface area contributed by atoms with E-state index in [0.29, 0.717) is 31.3 Å². The van der Waals surface area contributed by atoms with Crippen molar-refractivity contribution in [1.82, 2.24) is 24.8 Å². The van der Waals surface area contributed by atoms with Crippen LogP contribution in [0.25, 0.3) is 11.3 Å². The first-order chi connectivity index (χ1) is 19.9. The zero-order valence-corrected chi connectivity index (χ0v) is 24.1. The molecule has 1 unspecified atom stereocenters. The molecule has 10 nitrogen and oxygen atoms in total. The molecule has 1 fully saturated rings. The number of likely N-dealkylation sites (tertiary alicyclic amines) is 1. The molecule has 3 heterocycles. The lowest BCUT2D eigenvalue weighted by Gasteiger charge is -2.36. The maximum atomic E-state index is 13.7. The van der Waals surface area contributed by atoms with Gasteiger partial charge < -0.3 is 19.1 Å². The summed E-state index contributed by atoms with van der Waals surface area (Å²) in [6, 6.07) is 6.43. The van der Waals surface area contributed by atoms with Crippen molar-refractivity contribution in [3.05, 3.63) is 81.9 Å². The van der Waals surface area contributed by atoms with Crippen LogP contribution in [0.5, 0.6) is 0 Å². The summed E-state index contributed by atoms with van der Waals surface area (Å²) in [6.07, 6.45) is 7.69. The number of allylic oxidation sites excluding steroid dienone is 4. The van der Waals surface area contributed by atoms with Crippen molar-refractivity contribution in [3.8, 4) is 11.3 Å². The lowest BCUT2D eigenvalue weighted by atomic mass is 9.95. The van der Waals surface area contributed by atoms with Gasteiger partial charge in [0.05, 0.1) is 12.2 Å². The number of amides is 1. The van der Waals surface area contributed by atoms with Crippen LogP contribution in [0.2, 0.25) is 0 Å². The van der Waals surface area contributed by atoms with Gasteiger partial charge in [0.25, 0.3) is 5.56 Å². The third-order valence-corrected chi connectivity index (χ3v) is 7.22. The van der Waals surface area contributed by atoms with Crippen molar-refractivity contribution in [2.24, 2.45) is 0 Å². The summed E-state index contributed by atoms with van der Waals surface area (Å²) in [5.41, 5.74) is 0.470. The molecule has 42 heavy (non-hydrogen) atoms. The van der Waals surface area contributed by atoms with E-state index in [0.717, 1.165) is 24.5 Å². The van der Waals surface area contributed by atoms with Gasteiger partial charge in [0.1, 0.15) is 17.2 Å². The molecule has 1 aromatic carbocycles. The zero-order chi connectivity index (χ0) is 30.0. The van der Waals surface area contributed by atoms with Crippen LogP contribution in [-0.2, 0) is 11.3 Å². The second kappa shape index (κ2) is 11.9. The molecule has 0 bridgehead atoms. The Kier molecular flexibility index (Phi) is 8.24. The summed E-state index contributed by atoms with van der Waals surface area (Å²) in [6.45, 7) is 6.88. The molecular formula is C30H34F2N6O4. The number of carbonyl (C=O) groups excluding carboxylic acids is 1. The number of aromatic nitrogens is 4. The first-order valence-electron chi connectivity index (χ1n) is 13.9. The minimum atomic E-state index is -0.721. The molecule has 0 N–H and O–H groups in total. The van der Waals surface area contributed by atoms with E-state index < -0.39 is 17.2 Å². The van der Waals surface area contributed by atoms with Crippen LogP contribution >= 0.6 is 0 Å². The van der Waals surface area contributed by atoms with Crippen LogP contribution in [0, 0.1) is 11.6 Å². The molecule has 0 spiro atoms. The largest absolute Gasteiger partial charge is 0.444 e. The van der Waals surface area contributed by atoms with Crippen molar-refractivity contribution in [2.75, 3.05) is 25.0 Å². The third-order valence-electron chi connectivity index (χ3n) is 7.22. The Morgan fingerprint density at radius 1 is 1.14 bits per heavy atom. The second-order valence-electron chi connectivity index (χ2n) is 11.6. The van der Waals surface area contributed by atoms with Gasteiger partial charge in [-0.3, -0.25) is 4.79 Å². The van der Waals surface area contributed by atoms with Crippen molar-refractivity contribution < 1.29 is 22.8 Å². The van der Waals surface area contributed by atoms with E-state index in [4.69, 9.17) is 9.26 Å². The monoisotopic (exact) mass is 580 g/mol. The van der Waals surface area contributed by atoms with Gasteiger partial charge in [-0.1, -0.05) is 23.4 Å². The molecule has 1 saturated heterocycles. The second-order valence-corrected chi connectivity index (χ2v) is 11.6. The molecule has 2 aromatic heterocycles. The highest BCUT2D eigenvalue weighted by molar-refractivity contribution is 5.68. The van der Waals surface area contributed by atoms with E-state index in [2.05, 4.69) is 15.2 Å². The molecule has 3 aromatic rings. The van der Waals surface area contributed by atoms with Gasteiger partial charge in [-0.15, -0.1) is 0 Å². The minimum Gasteiger partial charge on any atom is -0.444 e. The van der Waals surface area contributed by atoms with Gasteiger partial charge >= 0.3 is 12.1 Å². The summed E-state index contributed by atoms with van der Waals surface area (Å²) >= 11 is 0. The van der Waals surface area contributed by atoms with Gasteiger partial charge in [0.2, 0.25) is 0 Å². The standard InChI is InChI=1S/C30H34F2N6O4/c1-30(2,3)41-29(40)37-12-10-24(11-13-37)36(4)28-33-27(35-42-28)20-7-5-6-19(14-20)18-38-26(39)9-8-25(34-38)21-15-22(31)17-23(32)16-21/h5-6,8-9,14-17,20,24H,7,10-13,18H2,1-4H3. The number of benzene rings is 1. The topological polar surface area (TPSA) is 107 Å². The maximum Gasteiger partial charge on any atom is 0.410 e. The van der Waals surface area contributed by atoms with E-state index in [1.807, 2.05) is 50.9 Å². The number of hydrogen-bond acceptors (Lipinski definition) is 8. The molecule has 0 radical (unpaired) electrons. The smallest absolute Gasteiger partial charge is 0.410 e. The number of carbonyl (C=O) groups is 1. The Hall–Kier alpha value is -4.35. The van der Waals surface area contributed by atoms with Crippen LogP contribution in [0.3, 0.4) is 0 Å². The quantitative estimate of drug-likeness (QED) is 0.398. The molecule has 222 valence electrons. The molecule has 1 atom stereocenters. The van der Waals surface area contributed by atoms with Crippen LogP contribution < -0.4 is 10.5 Å². The molecule has 0 saturated carbocycles. The lowest BCUT2D eigenvalue weighted by Crippen LogP contribution is -2.47. The van der Waals surface area contributed by atoms with Crippen LogP contribution in [-0.4, -0.2) is 62.7 Å². The minimum absolute atomic E-state index is 0.131. The fourth-order valence-electron chi connectivity index (χ4n) is 5.06. The highest BCUT2D eigenvalue weighted by Gasteiger charge is 2.30. The molecular weight excluding hydrogens is 546 g/mol. The molecule has 1 aliphatic carbocycles. The third kappa shape index (κ3) is 6.92.